The largest absolute Gasteiger partial charge is 0.209 e. The minimum absolute atomic E-state index is 0.620. The predicted molar refractivity (Wildman–Crippen MR) is 126 cm³/mol. The van der Waals surface area contributed by atoms with E-state index in [2.05, 4.69) is 15.0 Å². The van der Waals surface area contributed by atoms with Crippen LogP contribution in [0.1, 0.15) is 34.2 Å². The second kappa shape index (κ2) is 9.89. The summed E-state index contributed by atoms with van der Waals surface area (Å²) in [6.45, 7) is 0. The fourth-order valence-corrected chi connectivity index (χ4v) is 2.86. The topological polar surface area (TPSA) is 38.7 Å². The van der Waals surface area contributed by atoms with Gasteiger partial charge in [0.25, 0.3) is 0 Å². The van der Waals surface area contributed by atoms with E-state index in [0.717, 1.165) is 16.7 Å². The molecule has 0 fully saturated rings. The van der Waals surface area contributed by atoms with Gasteiger partial charge < -0.3 is 0 Å². The molecule has 3 nitrogen and oxygen atoms in total. The van der Waals surface area contributed by atoms with Crippen molar-refractivity contribution in [3.8, 4) is 0 Å². The van der Waals surface area contributed by atoms with E-state index in [0.29, 0.717) is 17.5 Å². The van der Waals surface area contributed by atoms with Crippen LogP contribution in [0.5, 0.6) is 0 Å². The summed E-state index contributed by atoms with van der Waals surface area (Å²) in [5.41, 5.74) is 3.29. The highest BCUT2D eigenvalue weighted by molar-refractivity contribution is 5.71. The Morgan fingerprint density at radius 2 is 0.600 bits per heavy atom. The molecule has 4 aromatic rings. The van der Waals surface area contributed by atoms with Crippen LogP contribution in [-0.2, 0) is 0 Å². The third kappa shape index (κ3) is 5.69. The molecule has 0 bridgehead atoms. The van der Waals surface area contributed by atoms with E-state index in [4.69, 9.17) is 0 Å². The number of aromatic nitrogens is 3. The molecule has 30 heavy (non-hydrogen) atoms. The smallest absolute Gasteiger partial charge is 0.156 e. The van der Waals surface area contributed by atoms with Crippen molar-refractivity contribution in [2.45, 2.75) is 0 Å². The number of hydrogen-bond donors (Lipinski definition) is 0. The third-order valence-corrected chi connectivity index (χ3v) is 4.36. The van der Waals surface area contributed by atoms with Crippen LogP contribution in [0, 0.1) is 0 Å². The van der Waals surface area contributed by atoms with Crippen LogP contribution in [-0.4, -0.2) is 15.0 Å². The molecule has 0 aliphatic heterocycles. The van der Waals surface area contributed by atoms with Gasteiger partial charge in [-0.3, -0.25) is 0 Å². The third-order valence-electron chi connectivity index (χ3n) is 4.36. The van der Waals surface area contributed by atoms with Crippen LogP contribution < -0.4 is 0 Å². The van der Waals surface area contributed by atoms with E-state index in [1.165, 1.54) is 0 Å². The summed E-state index contributed by atoms with van der Waals surface area (Å²) in [4.78, 5) is 13.8. The molecular weight excluding hydrogens is 366 g/mol. The van der Waals surface area contributed by atoms with E-state index in [1.807, 2.05) is 127 Å². The molecule has 0 N–H and O–H groups in total. The van der Waals surface area contributed by atoms with Gasteiger partial charge in [-0.05, 0) is 34.9 Å². The van der Waals surface area contributed by atoms with Crippen LogP contribution in [0.25, 0.3) is 36.5 Å². The van der Waals surface area contributed by atoms with E-state index in [-0.39, 0.29) is 0 Å². The average molecular weight is 387 g/mol. The highest BCUT2D eigenvalue weighted by Crippen LogP contribution is 2.10. The van der Waals surface area contributed by atoms with Gasteiger partial charge in [0.1, 0.15) is 0 Å². The molecule has 144 valence electrons. The van der Waals surface area contributed by atoms with Gasteiger partial charge in [-0.15, -0.1) is 0 Å². The van der Waals surface area contributed by atoms with Crippen molar-refractivity contribution in [1.82, 2.24) is 15.0 Å². The highest BCUT2D eigenvalue weighted by atomic mass is 15.0. The summed E-state index contributed by atoms with van der Waals surface area (Å²) in [5, 5.41) is 0. The molecule has 0 saturated carbocycles. The molecule has 0 radical (unpaired) electrons. The van der Waals surface area contributed by atoms with Crippen LogP contribution in [0.4, 0.5) is 0 Å². The molecule has 0 aliphatic rings. The summed E-state index contributed by atoms with van der Waals surface area (Å²) in [5.74, 6) is 1.86. The Morgan fingerprint density at radius 3 is 0.867 bits per heavy atom. The lowest BCUT2D eigenvalue weighted by Crippen LogP contribution is -1.99. The lowest BCUT2D eigenvalue weighted by atomic mass is 10.2. The van der Waals surface area contributed by atoms with Crippen molar-refractivity contribution in [3.63, 3.8) is 0 Å². The molecule has 0 aliphatic carbocycles. The van der Waals surface area contributed by atoms with Gasteiger partial charge in [0.15, 0.2) is 17.5 Å². The molecule has 3 aromatic carbocycles. The number of hydrogen-bond acceptors (Lipinski definition) is 3. The first-order chi connectivity index (χ1) is 14.8. The van der Waals surface area contributed by atoms with Crippen molar-refractivity contribution in [2.75, 3.05) is 0 Å². The molecule has 1 heterocycles. The Labute approximate surface area is 176 Å². The highest BCUT2D eigenvalue weighted by Gasteiger charge is 2.01. The zero-order valence-corrected chi connectivity index (χ0v) is 16.5. The number of rotatable bonds is 6. The average Bonchev–Trinajstić information content (AvgIpc) is 2.82. The zero-order chi connectivity index (χ0) is 20.4. The normalized spacial score (nSPS) is 11.6. The van der Waals surface area contributed by atoms with Gasteiger partial charge in [-0.25, -0.2) is 15.0 Å². The van der Waals surface area contributed by atoms with E-state index in [9.17, 15) is 0 Å². The summed E-state index contributed by atoms with van der Waals surface area (Å²) in [6.07, 6.45) is 11.8. The van der Waals surface area contributed by atoms with Crippen molar-refractivity contribution in [2.24, 2.45) is 0 Å². The first-order valence-electron chi connectivity index (χ1n) is 9.81. The molecular formula is C27H21N3. The Hall–Kier alpha value is -4.11. The van der Waals surface area contributed by atoms with Gasteiger partial charge in [-0.1, -0.05) is 109 Å². The standard InChI is InChI=1S/C27H21N3/c1-4-10-22(11-5-1)16-19-25-28-26(20-17-23-12-6-2-7-13-23)30-27(29-25)21-18-24-14-8-3-9-15-24/h1-21H. The molecule has 4 rings (SSSR count). The van der Waals surface area contributed by atoms with Crippen LogP contribution in [0.3, 0.4) is 0 Å². The molecule has 0 saturated heterocycles. The SMILES string of the molecule is C(=Cc1nc(C=Cc2ccccc2)nc(C=Cc2ccccc2)n1)c1ccccc1. The van der Waals surface area contributed by atoms with Gasteiger partial charge >= 0.3 is 0 Å². The minimum Gasteiger partial charge on any atom is -0.209 e. The first-order valence-corrected chi connectivity index (χ1v) is 9.81. The zero-order valence-electron chi connectivity index (χ0n) is 16.5. The van der Waals surface area contributed by atoms with E-state index < -0.39 is 0 Å². The monoisotopic (exact) mass is 387 g/mol. The lowest BCUT2D eigenvalue weighted by Gasteiger charge is -2.00. The van der Waals surface area contributed by atoms with Crippen molar-refractivity contribution >= 4 is 36.5 Å². The second-order valence-electron chi connectivity index (χ2n) is 6.64. The van der Waals surface area contributed by atoms with Crippen LogP contribution in [0.15, 0.2) is 91.0 Å². The Balaban J connectivity index is 1.65. The Kier molecular flexibility index (Phi) is 6.34. The molecule has 3 heteroatoms. The van der Waals surface area contributed by atoms with Gasteiger partial charge in [-0.2, -0.15) is 0 Å². The maximum atomic E-state index is 4.59. The number of nitrogens with zero attached hydrogens (tertiary/aromatic N) is 3. The van der Waals surface area contributed by atoms with Crippen LogP contribution in [0.2, 0.25) is 0 Å². The fraction of sp³-hybridized carbons (Fsp3) is 0. The first kappa shape index (κ1) is 19.2. The lowest BCUT2D eigenvalue weighted by molar-refractivity contribution is 0.991. The minimum atomic E-state index is 0.620. The molecule has 0 amide bonds. The second-order valence-corrected chi connectivity index (χ2v) is 6.64. The van der Waals surface area contributed by atoms with Crippen molar-refractivity contribution in [1.29, 1.82) is 0 Å². The van der Waals surface area contributed by atoms with Gasteiger partial charge in [0.2, 0.25) is 0 Å². The van der Waals surface area contributed by atoms with E-state index >= 15 is 0 Å². The molecule has 1 aromatic heterocycles. The fourth-order valence-electron chi connectivity index (χ4n) is 2.86. The predicted octanol–water partition coefficient (Wildman–Crippen LogP) is 6.38. The Bertz CT molecular complexity index is 999. The summed E-state index contributed by atoms with van der Waals surface area (Å²) < 4.78 is 0. The van der Waals surface area contributed by atoms with Gasteiger partial charge in [0, 0.05) is 0 Å². The molecule has 0 atom stereocenters. The maximum absolute atomic E-state index is 4.59. The summed E-state index contributed by atoms with van der Waals surface area (Å²) >= 11 is 0. The summed E-state index contributed by atoms with van der Waals surface area (Å²) in [6, 6.07) is 30.3. The van der Waals surface area contributed by atoms with Crippen molar-refractivity contribution < 1.29 is 0 Å². The van der Waals surface area contributed by atoms with E-state index in [1.54, 1.807) is 0 Å². The van der Waals surface area contributed by atoms with Gasteiger partial charge in [0.05, 0.1) is 0 Å². The Morgan fingerprint density at radius 1 is 0.333 bits per heavy atom. The van der Waals surface area contributed by atoms with Crippen molar-refractivity contribution in [3.05, 3.63) is 125 Å². The van der Waals surface area contributed by atoms with Crippen LogP contribution >= 0.6 is 0 Å². The number of benzene rings is 3. The quantitative estimate of drug-likeness (QED) is 0.385. The maximum Gasteiger partial charge on any atom is 0.156 e. The molecule has 0 unspecified atom stereocenters. The molecule has 0 spiro atoms. The summed E-state index contributed by atoms with van der Waals surface area (Å²) in [7, 11) is 0.